The summed E-state index contributed by atoms with van der Waals surface area (Å²) >= 11 is 0. The van der Waals surface area contributed by atoms with Crippen molar-refractivity contribution >= 4 is 41.2 Å². The zero-order valence-electron chi connectivity index (χ0n) is 19.4. The molecule has 3 aliphatic rings. The highest BCUT2D eigenvalue weighted by atomic mass is 31.2. The minimum absolute atomic E-state index is 0.741. The van der Waals surface area contributed by atoms with Gasteiger partial charge in [0.2, 0.25) is 17.2 Å². The molecule has 3 aliphatic heterocycles. The molecule has 172 valence electrons. The lowest BCUT2D eigenvalue weighted by Gasteiger charge is -2.25. The standard InChI is InChI=1S/C29H21N3O3P/c1-29-30-17-5-11-20-8-3-15-24(26(20)30)34-36(32-19-7-13-22-10-2-14-23(33-29)28(22)32)35-25-16-4-9-21-12-6-18-31(29)27(21)25/h2-19H,1H3/q+3. The molecule has 0 saturated carbocycles. The monoisotopic (exact) mass is 490 g/mol. The number of pyridine rings is 3. The molecule has 0 amide bonds. The van der Waals surface area contributed by atoms with Crippen molar-refractivity contribution in [2.45, 2.75) is 12.8 Å². The Morgan fingerprint density at radius 3 is 1.61 bits per heavy atom. The van der Waals surface area contributed by atoms with Gasteiger partial charge < -0.3 is 13.8 Å². The van der Waals surface area contributed by atoms with Crippen LogP contribution in [0.5, 0.6) is 17.2 Å². The molecule has 7 heteroatoms. The van der Waals surface area contributed by atoms with Crippen molar-refractivity contribution in [2.75, 3.05) is 0 Å². The second-order valence-electron chi connectivity index (χ2n) is 9.15. The van der Waals surface area contributed by atoms with Crippen molar-refractivity contribution in [1.29, 1.82) is 0 Å². The molecule has 0 spiro atoms. The Morgan fingerprint density at radius 1 is 0.556 bits per heavy atom. The first-order valence-electron chi connectivity index (χ1n) is 11.9. The molecule has 2 bridgehead atoms. The molecule has 0 fully saturated rings. The van der Waals surface area contributed by atoms with E-state index in [0.717, 1.165) is 50.0 Å². The molecule has 0 radical (unpaired) electrons. The summed E-state index contributed by atoms with van der Waals surface area (Å²) in [6, 6.07) is 30.8. The van der Waals surface area contributed by atoms with Gasteiger partial charge in [0.15, 0.2) is 18.6 Å². The number of hydrogen-bond acceptors (Lipinski definition) is 3. The van der Waals surface area contributed by atoms with Gasteiger partial charge in [0.1, 0.15) is 6.92 Å². The second-order valence-corrected chi connectivity index (χ2v) is 10.4. The van der Waals surface area contributed by atoms with Gasteiger partial charge in [-0.3, -0.25) is 0 Å². The van der Waals surface area contributed by atoms with Gasteiger partial charge in [0.05, 0.1) is 16.2 Å². The molecule has 0 N–H and O–H groups in total. The molecule has 3 aromatic heterocycles. The molecule has 6 nitrogen and oxygen atoms in total. The SMILES string of the molecule is CC12Oc3cccc4ccc[n+](c34)P(Oc3cccc4ccc[n+]1c34)Oc1cccc3ccc[n+]2c13. The van der Waals surface area contributed by atoms with Crippen LogP contribution in [0.1, 0.15) is 6.92 Å². The van der Waals surface area contributed by atoms with Crippen LogP contribution in [0, 0.1) is 0 Å². The van der Waals surface area contributed by atoms with Gasteiger partial charge in [0.25, 0.3) is 16.6 Å². The van der Waals surface area contributed by atoms with Gasteiger partial charge in [-0.25, -0.2) is 0 Å². The van der Waals surface area contributed by atoms with Crippen molar-refractivity contribution in [1.82, 2.24) is 0 Å². The predicted octanol–water partition coefficient (Wildman–Crippen LogP) is 5.13. The van der Waals surface area contributed by atoms with Crippen molar-refractivity contribution in [3.8, 4) is 17.2 Å². The highest BCUT2D eigenvalue weighted by Gasteiger charge is 2.54. The van der Waals surface area contributed by atoms with E-state index in [1.54, 1.807) is 0 Å². The summed E-state index contributed by atoms with van der Waals surface area (Å²) in [4.78, 5) is 0. The van der Waals surface area contributed by atoms with E-state index in [2.05, 4.69) is 81.3 Å². The van der Waals surface area contributed by atoms with Crippen molar-refractivity contribution < 1.29 is 27.3 Å². The molecular formula is C29H21N3O3P+3. The van der Waals surface area contributed by atoms with Crippen LogP contribution in [0.2, 0.25) is 0 Å². The fourth-order valence-corrected chi connectivity index (χ4v) is 6.86. The Balaban J connectivity index is 1.63. The first-order valence-corrected chi connectivity index (χ1v) is 13.0. The first-order chi connectivity index (χ1) is 17.7. The summed E-state index contributed by atoms with van der Waals surface area (Å²) in [7, 11) is -1.64. The third-order valence-electron chi connectivity index (χ3n) is 7.05. The normalized spacial score (nSPS) is 19.8. The maximum Gasteiger partial charge on any atom is 0.639 e. The van der Waals surface area contributed by atoms with E-state index in [1.807, 2.05) is 48.7 Å². The Bertz CT molecular complexity index is 1770. The zero-order valence-corrected chi connectivity index (χ0v) is 20.3. The summed E-state index contributed by atoms with van der Waals surface area (Å²) in [5, 5.41) is 3.16. The van der Waals surface area contributed by atoms with Gasteiger partial charge in [-0.1, -0.05) is 27.3 Å². The average Bonchev–Trinajstić information content (AvgIpc) is 2.91. The molecule has 3 aromatic carbocycles. The quantitative estimate of drug-likeness (QED) is 0.219. The fourth-order valence-electron chi connectivity index (χ4n) is 5.45. The highest BCUT2D eigenvalue weighted by molar-refractivity contribution is 7.40. The van der Waals surface area contributed by atoms with Crippen molar-refractivity contribution in [3.05, 3.63) is 110 Å². The number of ether oxygens (including phenoxy) is 1. The van der Waals surface area contributed by atoms with E-state index in [-0.39, 0.29) is 0 Å². The molecule has 0 atom stereocenters. The largest absolute Gasteiger partial charge is 0.639 e. The molecule has 6 heterocycles. The summed E-state index contributed by atoms with van der Waals surface area (Å²) in [6.45, 7) is 2.09. The molecule has 6 aromatic rings. The first kappa shape index (κ1) is 20.0. The summed E-state index contributed by atoms with van der Waals surface area (Å²) < 4.78 is 27.2. The van der Waals surface area contributed by atoms with Crippen LogP contribution in [0.25, 0.3) is 32.7 Å². The lowest BCUT2D eigenvalue weighted by Crippen LogP contribution is -2.75. The summed E-state index contributed by atoms with van der Waals surface area (Å²) in [5.74, 6) is 1.23. The van der Waals surface area contributed by atoms with E-state index < -0.39 is 14.4 Å². The molecule has 0 aliphatic carbocycles. The number of hydrogen-bond donors (Lipinski definition) is 0. The Labute approximate surface area is 208 Å². The van der Waals surface area contributed by atoms with Crippen LogP contribution >= 0.6 is 8.53 Å². The number of nitrogens with zero attached hydrogens (tertiary/aromatic N) is 3. The number of benzene rings is 3. The fraction of sp³-hybridized carbons (Fsp3) is 0.0690. The average molecular weight is 490 g/mol. The molecule has 9 rings (SSSR count). The maximum atomic E-state index is 7.15. The minimum Gasteiger partial charge on any atom is -0.380 e. The molecule has 36 heavy (non-hydrogen) atoms. The topological polar surface area (TPSA) is 39.3 Å². The van der Waals surface area contributed by atoms with Gasteiger partial charge >= 0.3 is 14.4 Å². The van der Waals surface area contributed by atoms with Gasteiger partial charge in [-0.2, -0.15) is 0 Å². The smallest absolute Gasteiger partial charge is 0.380 e. The maximum absolute atomic E-state index is 7.15. The zero-order chi connectivity index (χ0) is 23.9. The number of aromatic nitrogens is 3. The second kappa shape index (κ2) is 7.12. The van der Waals surface area contributed by atoms with E-state index in [1.165, 1.54) is 0 Å². The van der Waals surface area contributed by atoms with Crippen LogP contribution < -0.4 is 27.3 Å². The van der Waals surface area contributed by atoms with Gasteiger partial charge in [-0.05, 0) is 54.6 Å². The van der Waals surface area contributed by atoms with Crippen molar-refractivity contribution in [3.63, 3.8) is 0 Å². The van der Waals surface area contributed by atoms with Crippen LogP contribution in [0.3, 0.4) is 0 Å². The van der Waals surface area contributed by atoms with E-state index in [0.29, 0.717) is 0 Å². The van der Waals surface area contributed by atoms with Gasteiger partial charge in [-0.15, -0.1) is 4.34 Å². The lowest BCUT2D eigenvalue weighted by molar-refractivity contribution is -1.01. The van der Waals surface area contributed by atoms with Crippen LogP contribution in [0.4, 0.5) is 0 Å². The Kier molecular flexibility index (Phi) is 3.95. The van der Waals surface area contributed by atoms with Crippen LogP contribution in [-0.4, -0.2) is 0 Å². The summed E-state index contributed by atoms with van der Waals surface area (Å²) in [6.07, 6.45) is 6.14. The molecule has 0 saturated heterocycles. The van der Waals surface area contributed by atoms with Crippen molar-refractivity contribution in [2.24, 2.45) is 0 Å². The van der Waals surface area contributed by atoms with Crippen LogP contribution in [-0.2, 0) is 5.85 Å². The van der Waals surface area contributed by atoms with Gasteiger partial charge in [0, 0.05) is 18.2 Å². The predicted molar refractivity (Wildman–Crippen MR) is 136 cm³/mol. The number of rotatable bonds is 0. The minimum atomic E-state index is -1.64. The van der Waals surface area contributed by atoms with Crippen LogP contribution in [0.15, 0.2) is 110 Å². The van der Waals surface area contributed by atoms with E-state index in [4.69, 9.17) is 13.8 Å². The summed E-state index contributed by atoms with van der Waals surface area (Å²) in [5.41, 5.74) is 2.81. The molecule has 0 unspecified atom stereocenters. The Morgan fingerprint density at radius 2 is 1.03 bits per heavy atom. The highest BCUT2D eigenvalue weighted by Crippen LogP contribution is 2.44. The third kappa shape index (κ3) is 2.62. The third-order valence-corrected chi connectivity index (χ3v) is 8.44. The Hall–Kier alpha value is -4.28. The lowest BCUT2D eigenvalue weighted by atomic mass is 10.1. The number of para-hydroxylation sites is 3. The van der Waals surface area contributed by atoms with E-state index >= 15 is 0 Å². The van der Waals surface area contributed by atoms with E-state index in [9.17, 15) is 0 Å². The molecular weight excluding hydrogens is 469 g/mol.